The molecule has 1 fully saturated rings. The topological polar surface area (TPSA) is 66.9 Å². The van der Waals surface area contributed by atoms with Gasteiger partial charge >= 0.3 is 0 Å². The van der Waals surface area contributed by atoms with E-state index in [-0.39, 0.29) is 11.9 Å². The van der Waals surface area contributed by atoms with Crippen LogP contribution < -0.4 is 10.6 Å². The van der Waals surface area contributed by atoms with E-state index in [4.69, 9.17) is 0 Å². The average Bonchev–Trinajstić information content (AvgIpc) is 2.74. The van der Waals surface area contributed by atoms with Gasteiger partial charge < -0.3 is 10.6 Å². The van der Waals surface area contributed by atoms with Crippen LogP contribution in [-0.4, -0.2) is 28.5 Å². The fourth-order valence-corrected chi connectivity index (χ4v) is 1.59. The van der Waals surface area contributed by atoms with Crippen molar-refractivity contribution in [2.45, 2.75) is 25.8 Å². The van der Waals surface area contributed by atoms with Crippen molar-refractivity contribution < 1.29 is 4.79 Å². The number of rotatable bonds is 2. The first kappa shape index (κ1) is 10.0. The van der Waals surface area contributed by atoms with E-state index in [1.54, 1.807) is 12.4 Å². The summed E-state index contributed by atoms with van der Waals surface area (Å²) < 4.78 is 0. The van der Waals surface area contributed by atoms with Crippen molar-refractivity contribution in [3.05, 3.63) is 18.2 Å². The molecule has 0 aliphatic carbocycles. The molecule has 0 bridgehead atoms. The molecule has 1 unspecified atom stereocenters. The maximum Gasteiger partial charge on any atom is 0.241 e. The summed E-state index contributed by atoms with van der Waals surface area (Å²) >= 11 is 0. The van der Waals surface area contributed by atoms with Crippen LogP contribution in [0.5, 0.6) is 0 Å². The van der Waals surface area contributed by atoms with Crippen LogP contribution >= 0.6 is 0 Å². The SMILES string of the molecule is Cc1ncc(NC(=O)C2CCCN2)cn1. The van der Waals surface area contributed by atoms with Crippen LogP contribution in [0, 0.1) is 6.92 Å². The van der Waals surface area contributed by atoms with E-state index >= 15 is 0 Å². The van der Waals surface area contributed by atoms with Crippen LogP contribution in [-0.2, 0) is 4.79 Å². The van der Waals surface area contributed by atoms with Crippen molar-refractivity contribution in [3.63, 3.8) is 0 Å². The number of hydrogen-bond acceptors (Lipinski definition) is 4. The number of carbonyl (C=O) groups excluding carboxylic acids is 1. The third-order valence-electron chi connectivity index (χ3n) is 2.43. The minimum absolute atomic E-state index is 0.0000435. The van der Waals surface area contributed by atoms with E-state index < -0.39 is 0 Å². The average molecular weight is 206 g/mol. The van der Waals surface area contributed by atoms with Gasteiger partial charge in [-0.1, -0.05) is 0 Å². The molecule has 1 aliphatic rings. The lowest BCUT2D eigenvalue weighted by atomic mass is 10.2. The Morgan fingerprint density at radius 3 is 2.87 bits per heavy atom. The smallest absolute Gasteiger partial charge is 0.241 e. The van der Waals surface area contributed by atoms with Gasteiger partial charge in [-0.15, -0.1) is 0 Å². The molecule has 5 heteroatoms. The molecule has 1 aliphatic heterocycles. The van der Waals surface area contributed by atoms with Crippen LogP contribution in [0.4, 0.5) is 5.69 Å². The lowest BCUT2D eigenvalue weighted by Crippen LogP contribution is -2.35. The molecule has 1 saturated heterocycles. The summed E-state index contributed by atoms with van der Waals surface area (Å²) in [4.78, 5) is 19.7. The Hall–Kier alpha value is -1.49. The first-order valence-corrected chi connectivity index (χ1v) is 5.08. The van der Waals surface area contributed by atoms with E-state index in [1.165, 1.54) is 0 Å². The van der Waals surface area contributed by atoms with E-state index in [2.05, 4.69) is 20.6 Å². The monoisotopic (exact) mass is 206 g/mol. The molecule has 1 aromatic rings. The second kappa shape index (κ2) is 4.35. The van der Waals surface area contributed by atoms with Crippen molar-refractivity contribution in [2.75, 3.05) is 11.9 Å². The van der Waals surface area contributed by atoms with E-state index in [1.807, 2.05) is 6.92 Å². The molecule has 0 spiro atoms. The molecule has 0 aromatic carbocycles. The summed E-state index contributed by atoms with van der Waals surface area (Å²) in [5.74, 6) is 0.701. The second-order valence-electron chi connectivity index (χ2n) is 3.66. The summed E-state index contributed by atoms with van der Waals surface area (Å²) in [5, 5.41) is 5.92. The summed E-state index contributed by atoms with van der Waals surface area (Å²) in [6, 6.07) is -0.0636. The Kier molecular flexibility index (Phi) is 2.91. The fourth-order valence-electron chi connectivity index (χ4n) is 1.59. The summed E-state index contributed by atoms with van der Waals surface area (Å²) in [5.41, 5.74) is 0.652. The molecule has 0 saturated carbocycles. The van der Waals surface area contributed by atoms with Gasteiger partial charge in [0.2, 0.25) is 5.91 Å². The van der Waals surface area contributed by atoms with Gasteiger partial charge in [0.15, 0.2) is 0 Å². The molecule has 5 nitrogen and oxygen atoms in total. The molecule has 1 aromatic heterocycles. The zero-order chi connectivity index (χ0) is 10.7. The molecule has 1 amide bonds. The standard InChI is InChI=1S/C10H14N4O/c1-7-12-5-8(6-13-7)14-10(15)9-3-2-4-11-9/h5-6,9,11H,2-4H2,1H3,(H,14,15). The minimum Gasteiger partial charge on any atom is -0.322 e. The maximum atomic E-state index is 11.7. The van der Waals surface area contributed by atoms with Crippen LogP contribution in [0.3, 0.4) is 0 Å². The Balaban J connectivity index is 1.96. The third-order valence-corrected chi connectivity index (χ3v) is 2.43. The van der Waals surface area contributed by atoms with E-state index in [9.17, 15) is 4.79 Å². The Morgan fingerprint density at radius 2 is 2.27 bits per heavy atom. The molecule has 2 N–H and O–H groups in total. The van der Waals surface area contributed by atoms with Crippen LogP contribution in [0.15, 0.2) is 12.4 Å². The summed E-state index contributed by atoms with van der Waals surface area (Å²) in [6.07, 6.45) is 5.20. The van der Waals surface area contributed by atoms with Gasteiger partial charge in [0, 0.05) is 0 Å². The maximum absolute atomic E-state index is 11.7. The molecule has 2 heterocycles. The van der Waals surface area contributed by atoms with Crippen LogP contribution in [0.2, 0.25) is 0 Å². The van der Waals surface area contributed by atoms with Gasteiger partial charge in [0.05, 0.1) is 24.1 Å². The predicted octanol–water partition coefficient (Wildman–Crippen LogP) is 0.476. The molecule has 80 valence electrons. The van der Waals surface area contributed by atoms with Crippen LogP contribution in [0.25, 0.3) is 0 Å². The van der Waals surface area contributed by atoms with Gasteiger partial charge in [0.25, 0.3) is 0 Å². The number of nitrogens with one attached hydrogen (secondary N) is 2. The minimum atomic E-state index is -0.0636. The van der Waals surface area contributed by atoms with Crippen molar-refractivity contribution in [3.8, 4) is 0 Å². The first-order valence-electron chi connectivity index (χ1n) is 5.08. The van der Waals surface area contributed by atoms with Gasteiger partial charge in [0.1, 0.15) is 5.82 Å². The lowest BCUT2D eigenvalue weighted by Gasteiger charge is -2.10. The highest BCUT2D eigenvalue weighted by Gasteiger charge is 2.21. The number of anilines is 1. The van der Waals surface area contributed by atoms with Crippen molar-refractivity contribution in [2.24, 2.45) is 0 Å². The van der Waals surface area contributed by atoms with Gasteiger partial charge in [-0.3, -0.25) is 4.79 Å². The summed E-state index contributed by atoms with van der Waals surface area (Å²) in [7, 11) is 0. The highest BCUT2D eigenvalue weighted by Crippen LogP contribution is 2.09. The van der Waals surface area contributed by atoms with Crippen molar-refractivity contribution >= 4 is 11.6 Å². The number of aromatic nitrogens is 2. The number of nitrogens with zero attached hydrogens (tertiary/aromatic N) is 2. The lowest BCUT2D eigenvalue weighted by molar-refractivity contribution is -0.117. The molecule has 2 rings (SSSR count). The molecule has 0 radical (unpaired) electrons. The van der Waals surface area contributed by atoms with Gasteiger partial charge in [-0.2, -0.15) is 0 Å². The Labute approximate surface area is 88.3 Å². The molecule has 15 heavy (non-hydrogen) atoms. The van der Waals surface area contributed by atoms with E-state index in [0.29, 0.717) is 11.5 Å². The molecular formula is C10H14N4O. The highest BCUT2D eigenvalue weighted by atomic mass is 16.2. The summed E-state index contributed by atoms with van der Waals surface area (Å²) in [6.45, 7) is 2.73. The number of aryl methyl sites for hydroxylation is 1. The van der Waals surface area contributed by atoms with E-state index in [0.717, 1.165) is 19.4 Å². The third kappa shape index (κ3) is 2.50. The Morgan fingerprint density at radius 1 is 1.53 bits per heavy atom. The fraction of sp³-hybridized carbons (Fsp3) is 0.500. The number of carbonyl (C=O) groups is 1. The Bertz CT molecular complexity index is 343. The predicted molar refractivity (Wildman–Crippen MR) is 56.4 cm³/mol. The normalized spacial score (nSPS) is 20.2. The molecule has 1 atom stereocenters. The number of hydrogen-bond donors (Lipinski definition) is 2. The van der Waals surface area contributed by atoms with Gasteiger partial charge in [-0.25, -0.2) is 9.97 Å². The number of amides is 1. The highest BCUT2D eigenvalue weighted by molar-refractivity contribution is 5.94. The quantitative estimate of drug-likeness (QED) is 0.738. The largest absolute Gasteiger partial charge is 0.322 e. The zero-order valence-corrected chi connectivity index (χ0v) is 8.66. The van der Waals surface area contributed by atoms with Crippen molar-refractivity contribution in [1.29, 1.82) is 0 Å². The van der Waals surface area contributed by atoms with Crippen molar-refractivity contribution in [1.82, 2.24) is 15.3 Å². The second-order valence-corrected chi connectivity index (χ2v) is 3.66. The molecular weight excluding hydrogens is 192 g/mol. The van der Waals surface area contributed by atoms with Crippen LogP contribution in [0.1, 0.15) is 18.7 Å². The van der Waals surface area contributed by atoms with Gasteiger partial charge in [-0.05, 0) is 26.3 Å². The first-order chi connectivity index (χ1) is 7.25. The zero-order valence-electron chi connectivity index (χ0n) is 8.66.